The van der Waals surface area contributed by atoms with Gasteiger partial charge in [0.05, 0.1) is 26.5 Å². The minimum atomic E-state index is -0.123. The summed E-state index contributed by atoms with van der Waals surface area (Å²) in [6.45, 7) is -0.123. The molecule has 10 heteroatoms. The van der Waals surface area contributed by atoms with E-state index in [4.69, 9.17) is 26.2 Å². The molecule has 0 aromatic carbocycles. The molecule has 0 atom stereocenters. The molecule has 0 unspecified atom stereocenters. The summed E-state index contributed by atoms with van der Waals surface area (Å²) in [5.74, 6) is 0.920. The predicted octanol–water partition coefficient (Wildman–Crippen LogP) is 1.57. The van der Waals surface area contributed by atoms with E-state index in [1.54, 1.807) is 36.4 Å². The molecule has 3 rings (SSSR count). The molecule has 0 aliphatic rings. The summed E-state index contributed by atoms with van der Waals surface area (Å²) in [4.78, 5) is 0. The first-order valence-electron chi connectivity index (χ1n) is 7.01. The van der Waals surface area contributed by atoms with Gasteiger partial charge in [-0.1, -0.05) is 11.6 Å². The number of aliphatic hydroxyl groups is 1. The molecule has 0 fully saturated rings. The molecule has 0 aliphatic heterocycles. The van der Waals surface area contributed by atoms with Gasteiger partial charge in [-0.05, 0) is 24.3 Å². The van der Waals surface area contributed by atoms with Crippen molar-refractivity contribution in [3.05, 3.63) is 47.2 Å². The summed E-state index contributed by atoms with van der Waals surface area (Å²) < 4.78 is 9.64. The molecule has 0 aliphatic carbocycles. The van der Waals surface area contributed by atoms with Gasteiger partial charge in [-0.2, -0.15) is 5.10 Å². The third-order valence-corrected chi connectivity index (χ3v) is 3.01. The highest BCUT2D eigenvalue weighted by atomic mass is 35.5. The van der Waals surface area contributed by atoms with Crippen LogP contribution in [0.15, 0.2) is 36.4 Å². The van der Waals surface area contributed by atoms with Gasteiger partial charge in [0, 0.05) is 12.1 Å². The van der Waals surface area contributed by atoms with Crippen LogP contribution in [0.2, 0.25) is 5.15 Å². The third kappa shape index (κ3) is 5.59. The van der Waals surface area contributed by atoms with Crippen LogP contribution in [0.1, 0.15) is 5.69 Å². The van der Waals surface area contributed by atoms with Gasteiger partial charge >= 0.3 is 0 Å². The zero-order chi connectivity index (χ0) is 18.1. The maximum Gasteiger partial charge on any atom is 0.233 e. The topological polar surface area (TPSA) is 116 Å². The van der Waals surface area contributed by atoms with Crippen molar-refractivity contribution in [2.75, 3.05) is 14.2 Å². The fraction of sp³-hybridized carbons (Fsp3) is 0.200. The van der Waals surface area contributed by atoms with Gasteiger partial charge < -0.3 is 14.6 Å². The Morgan fingerprint density at radius 2 is 1.32 bits per heavy atom. The zero-order valence-electron chi connectivity index (χ0n) is 13.5. The first-order valence-corrected chi connectivity index (χ1v) is 7.39. The summed E-state index contributed by atoms with van der Waals surface area (Å²) >= 11 is 5.44. The summed E-state index contributed by atoms with van der Waals surface area (Å²) in [6, 6.07) is 10.1. The second kappa shape index (κ2) is 9.40. The van der Waals surface area contributed by atoms with Crippen LogP contribution < -0.4 is 9.47 Å². The average Bonchev–Trinajstić information content (AvgIpc) is 2.69. The van der Waals surface area contributed by atoms with E-state index in [1.807, 2.05) is 0 Å². The lowest BCUT2D eigenvalue weighted by molar-refractivity contribution is 0.275. The molecule has 9 nitrogen and oxygen atoms in total. The molecule has 0 saturated heterocycles. The number of hydrogen-bond donors (Lipinski definition) is 1. The van der Waals surface area contributed by atoms with E-state index in [2.05, 4.69) is 30.6 Å². The summed E-state index contributed by atoms with van der Waals surface area (Å²) in [5.41, 5.74) is 1.73. The molecule has 0 radical (unpaired) electrons. The molecule has 1 N–H and O–H groups in total. The van der Waals surface area contributed by atoms with Gasteiger partial charge in [0.15, 0.2) is 5.15 Å². The van der Waals surface area contributed by atoms with Gasteiger partial charge in [0.25, 0.3) is 0 Å². The Hall–Kier alpha value is -2.91. The molecule has 130 valence electrons. The van der Waals surface area contributed by atoms with Crippen LogP contribution in [0, 0.1) is 0 Å². The van der Waals surface area contributed by atoms with Crippen LogP contribution in [-0.2, 0) is 6.61 Å². The van der Waals surface area contributed by atoms with Crippen molar-refractivity contribution in [2.45, 2.75) is 6.61 Å². The molecule has 3 aromatic rings. The van der Waals surface area contributed by atoms with Crippen molar-refractivity contribution in [1.82, 2.24) is 30.6 Å². The van der Waals surface area contributed by atoms with Crippen molar-refractivity contribution in [3.8, 4) is 23.1 Å². The Morgan fingerprint density at radius 1 is 0.760 bits per heavy atom. The molecule has 3 heterocycles. The SMILES string of the molecule is COc1ccc(-c2ccc(CO)nn2)nn1.COc1ccc(Cl)nn1. The van der Waals surface area contributed by atoms with Crippen molar-refractivity contribution in [3.63, 3.8) is 0 Å². The molecular formula is C15H15ClN6O3. The van der Waals surface area contributed by atoms with Gasteiger partial charge in [-0.3, -0.25) is 0 Å². The molecule has 0 bridgehead atoms. The molecule has 0 amide bonds. The van der Waals surface area contributed by atoms with Crippen molar-refractivity contribution < 1.29 is 14.6 Å². The van der Waals surface area contributed by atoms with E-state index in [9.17, 15) is 0 Å². The Labute approximate surface area is 148 Å². The van der Waals surface area contributed by atoms with E-state index in [0.717, 1.165) is 0 Å². The quantitative estimate of drug-likeness (QED) is 0.737. The van der Waals surface area contributed by atoms with Crippen molar-refractivity contribution in [2.24, 2.45) is 0 Å². The summed E-state index contributed by atoms with van der Waals surface area (Å²) in [7, 11) is 3.05. The third-order valence-electron chi connectivity index (χ3n) is 2.81. The second-order valence-electron chi connectivity index (χ2n) is 4.43. The number of nitrogens with zero attached hydrogens (tertiary/aromatic N) is 6. The highest BCUT2D eigenvalue weighted by molar-refractivity contribution is 6.29. The molecule has 25 heavy (non-hydrogen) atoms. The highest BCUT2D eigenvalue weighted by Crippen LogP contribution is 2.14. The van der Waals surface area contributed by atoms with Gasteiger partial charge in [0.1, 0.15) is 11.4 Å². The van der Waals surface area contributed by atoms with Gasteiger partial charge in [0.2, 0.25) is 11.8 Å². The Bertz CT molecular complexity index is 723. The smallest absolute Gasteiger partial charge is 0.233 e. The van der Waals surface area contributed by atoms with Crippen LogP contribution in [0.25, 0.3) is 11.4 Å². The van der Waals surface area contributed by atoms with Crippen LogP contribution in [0.5, 0.6) is 11.8 Å². The van der Waals surface area contributed by atoms with Gasteiger partial charge in [-0.15, -0.1) is 25.5 Å². The lowest BCUT2D eigenvalue weighted by atomic mass is 10.2. The minimum absolute atomic E-state index is 0.123. The second-order valence-corrected chi connectivity index (χ2v) is 4.81. The highest BCUT2D eigenvalue weighted by Gasteiger charge is 2.03. The summed E-state index contributed by atoms with van der Waals surface area (Å²) in [5, 5.41) is 31.8. The van der Waals surface area contributed by atoms with Crippen LogP contribution in [-0.4, -0.2) is 49.9 Å². The van der Waals surface area contributed by atoms with Gasteiger partial charge in [-0.25, -0.2) is 0 Å². The lowest BCUT2D eigenvalue weighted by Gasteiger charge is -2.00. The lowest BCUT2D eigenvalue weighted by Crippen LogP contribution is -1.97. The average molecular weight is 363 g/mol. The van der Waals surface area contributed by atoms with Crippen molar-refractivity contribution >= 4 is 11.6 Å². The number of halogens is 1. The van der Waals surface area contributed by atoms with E-state index in [0.29, 0.717) is 34.0 Å². The Balaban J connectivity index is 0.000000212. The Kier molecular flexibility index (Phi) is 6.93. The van der Waals surface area contributed by atoms with E-state index >= 15 is 0 Å². The normalized spacial score (nSPS) is 9.76. The first-order chi connectivity index (χ1) is 12.2. The predicted molar refractivity (Wildman–Crippen MR) is 89.1 cm³/mol. The zero-order valence-corrected chi connectivity index (χ0v) is 14.3. The number of rotatable bonds is 4. The standard InChI is InChI=1S/C10H10N4O2.C5H5ClN2O/c1-16-10-5-4-9(13-14-10)8-3-2-7(6-15)11-12-8;1-9-5-3-2-4(6)7-8-5/h2-5,15H,6H2,1H3;2-3H,1H3. The largest absolute Gasteiger partial charge is 0.480 e. The molecule has 3 aromatic heterocycles. The first kappa shape index (κ1) is 18.4. The maximum absolute atomic E-state index is 8.82. The molecule has 0 saturated carbocycles. The number of aromatic nitrogens is 6. The maximum atomic E-state index is 8.82. The molecule has 0 spiro atoms. The number of ether oxygens (including phenoxy) is 2. The van der Waals surface area contributed by atoms with E-state index < -0.39 is 0 Å². The number of hydrogen-bond acceptors (Lipinski definition) is 9. The fourth-order valence-electron chi connectivity index (χ4n) is 1.56. The van der Waals surface area contributed by atoms with Crippen LogP contribution in [0.4, 0.5) is 0 Å². The fourth-order valence-corrected chi connectivity index (χ4v) is 1.66. The summed E-state index contributed by atoms with van der Waals surface area (Å²) in [6.07, 6.45) is 0. The minimum Gasteiger partial charge on any atom is -0.480 e. The van der Waals surface area contributed by atoms with Crippen molar-refractivity contribution in [1.29, 1.82) is 0 Å². The number of methoxy groups -OCH3 is 2. The van der Waals surface area contributed by atoms with E-state index in [-0.39, 0.29) is 6.61 Å². The van der Waals surface area contributed by atoms with Crippen LogP contribution in [0.3, 0.4) is 0 Å². The number of aliphatic hydroxyl groups excluding tert-OH is 1. The Morgan fingerprint density at radius 3 is 1.72 bits per heavy atom. The van der Waals surface area contributed by atoms with Crippen LogP contribution >= 0.6 is 11.6 Å². The molecular weight excluding hydrogens is 348 g/mol. The monoisotopic (exact) mass is 362 g/mol. The van der Waals surface area contributed by atoms with E-state index in [1.165, 1.54) is 14.2 Å².